The van der Waals surface area contributed by atoms with Crippen LogP contribution in [0.2, 0.25) is 0 Å². The van der Waals surface area contributed by atoms with E-state index in [4.69, 9.17) is 9.47 Å². The maximum Gasteiger partial charge on any atom is 0.338 e. The number of aromatic nitrogens is 1. The predicted molar refractivity (Wildman–Crippen MR) is 150 cm³/mol. The molecule has 4 rings (SSSR count). The summed E-state index contributed by atoms with van der Waals surface area (Å²) in [6.07, 6.45) is 1.49. The smallest absolute Gasteiger partial charge is 0.338 e. The van der Waals surface area contributed by atoms with Gasteiger partial charge in [0.2, 0.25) is 5.75 Å². The maximum atomic E-state index is 13.7. The second-order valence-corrected chi connectivity index (χ2v) is 10.8. The van der Waals surface area contributed by atoms with Gasteiger partial charge in [-0.25, -0.2) is 9.79 Å². The Hall–Kier alpha value is -3.52. The topological polar surface area (TPSA) is 133 Å². The monoisotopic (exact) mass is 649 g/mol. The molecule has 2 aromatic carbocycles. The molecule has 12 heteroatoms. The molecule has 1 N–H and O–H groups in total. The summed E-state index contributed by atoms with van der Waals surface area (Å²) < 4.78 is 13.0. The van der Waals surface area contributed by atoms with E-state index in [1.807, 2.05) is 13.8 Å². The van der Waals surface area contributed by atoms with Crippen LogP contribution in [0.5, 0.6) is 11.5 Å². The Balaban J connectivity index is 1.92. The van der Waals surface area contributed by atoms with Crippen molar-refractivity contribution in [3.05, 3.63) is 92.2 Å². The van der Waals surface area contributed by atoms with Crippen molar-refractivity contribution in [3.8, 4) is 11.5 Å². The van der Waals surface area contributed by atoms with Crippen LogP contribution in [0.4, 0.5) is 5.69 Å². The number of nitrogens with zero attached hydrogens (tertiary/aromatic N) is 3. The zero-order valence-electron chi connectivity index (χ0n) is 20.9. The highest BCUT2D eigenvalue weighted by atomic mass is 127. The van der Waals surface area contributed by atoms with Crippen LogP contribution in [0, 0.1) is 13.7 Å². The summed E-state index contributed by atoms with van der Waals surface area (Å²) in [5.74, 6) is -0.355. The summed E-state index contributed by atoms with van der Waals surface area (Å²) in [5.41, 5.74) is 0.842. The van der Waals surface area contributed by atoms with Crippen molar-refractivity contribution in [1.82, 2.24) is 4.57 Å². The molecule has 10 nitrogen and oxygen atoms in total. The average Bonchev–Trinajstić information content (AvgIpc) is 3.14. The lowest BCUT2D eigenvalue weighted by Gasteiger charge is -2.25. The number of esters is 1. The van der Waals surface area contributed by atoms with Crippen LogP contribution in [0.1, 0.15) is 44.9 Å². The molecule has 1 aliphatic heterocycles. The van der Waals surface area contributed by atoms with E-state index in [-0.39, 0.29) is 26.4 Å². The van der Waals surface area contributed by atoms with Gasteiger partial charge in [0.05, 0.1) is 43.0 Å². The SMILES string of the molecule is CCOC(=O)C1=C(C)N=c2s/c(=C\c3cc(I)c(O)c([N+](=O)[O-])c3)c(=O)n2[C@H]1c1ccc(OC(C)C)cc1. The van der Waals surface area contributed by atoms with Gasteiger partial charge in [0.1, 0.15) is 5.75 Å². The number of carbonyl (C=O) groups excluding carboxylic acids is 1. The highest BCUT2D eigenvalue weighted by Gasteiger charge is 2.33. The summed E-state index contributed by atoms with van der Waals surface area (Å²) >= 11 is 2.90. The normalized spacial score (nSPS) is 15.3. The van der Waals surface area contributed by atoms with E-state index in [0.29, 0.717) is 27.4 Å². The summed E-state index contributed by atoms with van der Waals surface area (Å²) in [4.78, 5) is 42.3. The molecule has 3 aromatic rings. The van der Waals surface area contributed by atoms with Crippen LogP contribution >= 0.6 is 33.9 Å². The third-order valence-corrected chi connectivity index (χ3v) is 7.45. The third kappa shape index (κ3) is 5.36. The van der Waals surface area contributed by atoms with Gasteiger partial charge in [-0.1, -0.05) is 23.5 Å². The minimum Gasteiger partial charge on any atom is -0.501 e. The summed E-state index contributed by atoms with van der Waals surface area (Å²) in [5, 5.41) is 21.4. The average molecular weight is 649 g/mol. The van der Waals surface area contributed by atoms with Crippen molar-refractivity contribution in [2.24, 2.45) is 4.99 Å². The van der Waals surface area contributed by atoms with E-state index in [9.17, 15) is 24.8 Å². The van der Waals surface area contributed by atoms with Gasteiger partial charge in [0.25, 0.3) is 5.56 Å². The number of nitro groups is 1. The molecule has 0 spiro atoms. The number of phenols is 1. The molecule has 38 heavy (non-hydrogen) atoms. The van der Waals surface area contributed by atoms with Gasteiger partial charge in [0.15, 0.2) is 4.80 Å². The Bertz CT molecular complexity index is 1640. The fourth-order valence-electron chi connectivity index (χ4n) is 4.09. The van der Waals surface area contributed by atoms with Crippen molar-refractivity contribution in [1.29, 1.82) is 0 Å². The first-order valence-corrected chi connectivity index (χ1v) is 13.5. The van der Waals surface area contributed by atoms with Gasteiger partial charge < -0.3 is 14.6 Å². The molecule has 1 atom stereocenters. The first-order valence-electron chi connectivity index (χ1n) is 11.6. The molecule has 1 aliphatic rings. The summed E-state index contributed by atoms with van der Waals surface area (Å²) in [6, 6.07) is 9.10. The number of phenolic OH excluding ortho intramolecular Hbond substituents is 1. The summed E-state index contributed by atoms with van der Waals surface area (Å²) in [7, 11) is 0. The van der Waals surface area contributed by atoms with Crippen LogP contribution in [-0.4, -0.2) is 33.3 Å². The van der Waals surface area contributed by atoms with Crippen LogP contribution < -0.4 is 19.6 Å². The molecule has 2 heterocycles. The molecule has 0 saturated heterocycles. The fourth-order valence-corrected chi connectivity index (χ4v) is 5.77. The molecule has 0 fully saturated rings. The van der Waals surface area contributed by atoms with Gasteiger partial charge in [-0.2, -0.15) is 0 Å². The van der Waals surface area contributed by atoms with E-state index in [1.54, 1.807) is 66.8 Å². The highest BCUT2D eigenvalue weighted by molar-refractivity contribution is 14.1. The predicted octanol–water partition coefficient (Wildman–Crippen LogP) is 3.80. The van der Waals surface area contributed by atoms with E-state index in [2.05, 4.69) is 4.99 Å². The summed E-state index contributed by atoms with van der Waals surface area (Å²) in [6.45, 7) is 7.39. The quantitative estimate of drug-likeness (QED) is 0.178. The standard InChI is InChI=1S/C26H24IN3O7S/c1-5-36-25(33)21-14(4)28-26-29(22(21)16-6-8-17(9-7-16)37-13(2)3)24(32)20(38-26)12-15-10-18(27)23(31)19(11-15)30(34)35/h6-13,22,31H,5H2,1-4H3/b20-12-/t22-/m0/s1. The van der Waals surface area contributed by atoms with Crippen molar-refractivity contribution < 1.29 is 24.3 Å². The molecule has 0 saturated carbocycles. The van der Waals surface area contributed by atoms with Crippen LogP contribution in [0.25, 0.3) is 6.08 Å². The van der Waals surface area contributed by atoms with Crippen molar-refractivity contribution in [2.45, 2.75) is 39.8 Å². The maximum absolute atomic E-state index is 13.7. The number of nitro benzene ring substituents is 1. The number of ether oxygens (including phenoxy) is 2. The molecule has 0 aliphatic carbocycles. The number of fused-ring (bicyclic) bond motifs is 1. The Morgan fingerprint density at radius 3 is 2.61 bits per heavy atom. The number of allylic oxidation sites excluding steroid dienone is 1. The molecule has 198 valence electrons. The Morgan fingerprint density at radius 1 is 1.32 bits per heavy atom. The minimum absolute atomic E-state index is 0.0189. The highest BCUT2D eigenvalue weighted by Crippen LogP contribution is 2.33. The van der Waals surface area contributed by atoms with Gasteiger partial charge in [-0.05, 0) is 85.7 Å². The second-order valence-electron chi connectivity index (χ2n) is 8.67. The van der Waals surface area contributed by atoms with Crippen LogP contribution in [0.3, 0.4) is 0 Å². The number of hydrogen-bond acceptors (Lipinski definition) is 9. The minimum atomic E-state index is -0.796. The number of thiazole rings is 1. The van der Waals surface area contributed by atoms with E-state index < -0.39 is 33.9 Å². The lowest BCUT2D eigenvalue weighted by Crippen LogP contribution is -2.39. The lowest BCUT2D eigenvalue weighted by molar-refractivity contribution is -0.386. The third-order valence-electron chi connectivity index (χ3n) is 5.64. The van der Waals surface area contributed by atoms with Gasteiger partial charge >= 0.3 is 11.7 Å². The molecule has 0 radical (unpaired) electrons. The molecule has 0 bridgehead atoms. The van der Waals surface area contributed by atoms with E-state index in [1.165, 1.54) is 16.7 Å². The zero-order valence-corrected chi connectivity index (χ0v) is 23.9. The first kappa shape index (κ1) is 27.5. The Labute approximate surface area is 234 Å². The van der Waals surface area contributed by atoms with Crippen LogP contribution in [0.15, 0.2) is 57.5 Å². The van der Waals surface area contributed by atoms with Gasteiger partial charge in [-0.3, -0.25) is 19.5 Å². The zero-order chi connectivity index (χ0) is 27.7. The van der Waals surface area contributed by atoms with Gasteiger partial charge in [0, 0.05) is 6.07 Å². The number of carbonyl (C=O) groups is 1. The number of benzene rings is 2. The molecule has 1 aromatic heterocycles. The van der Waals surface area contributed by atoms with E-state index in [0.717, 1.165) is 11.3 Å². The number of aromatic hydroxyl groups is 1. The van der Waals surface area contributed by atoms with E-state index >= 15 is 0 Å². The Kier molecular flexibility index (Phi) is 8.02. The van der Waals surface area contributed by atoms with Crippen LogP contribution in [-0.2, 0) is 9.53 Å². The molecular formula is C26H24IN3O7S. The first-order chi connectivity index (χ1) is 18.0. The molecular weight excluding hydrogens is 625 g/mol. The number of rotatable bonds is 7. The van der Waals surface area contributed by atoms with Gasteiger partial charge in [-0.15, -0.1) is 0 Å². The Morgan fingerprint density at radius 2 is 2.00 bits per heavy atom. The largest absolute Gasteiger partial charge is 0.501 e. The number of halogens is 1. The van der Waals surface area contributed by atoms with Crippen molar-refractivity contribution >= 4 is 51.7 Å². The van der Waals surface area contributed by atoms with Crippen molar-refractivity contribution in [3.63, 3.8) is 0 Å². The fraction of sp³-hybridized carbons (Fsp3) is 0.269. The van der Waals surface area contributed by atoms with Crippen molar-refractivity contribution in [2.75, 3.05) is 6.61 Å². The molecule has 0 amide bonds. The number of hydrogen-bond donors (Lipinski definition) is 1. The lowest BCUT2D eigenvalue weighted by atomic mass is 9.96. The second kappa shape index (κ2) is 11.1. The molecule has 0 unspecified atom stereocenters.